The van der Waals surface area contributed by atoms with Crippen LogP contribution < -0.4 is 0 Å². The van der Waals surface area contributed by atoms with Gasteiger partial charge in [0.15, 0.2) is 0 Å². The molecule has 92 valence electrons. The summed E-state index contributed by atoms with van der Waals surface area (Å²) < 4.78 is 0. The van der Waals surface area contributed by atoms with Crippen molar-refractivity contribution in [3.63, 3.8) is 0 Å². The average Bonchev–Trinajstić information content (AvgIpc) is 2.32. The maximum absolute atomic E-state index is 4.90. The molecule has 0 aliphatic heterocycles. The molecule has 0 saturated heterocycles. The molecule has 5 heteroatoms. The van der Waals surface area contributed by atoms with Crippen LogP contribution in [-0.4, -0.2) is 9.97 Å². The number of aromatic nitrogens is 2. The van der Waals surface area contributed by atoms with Crippen molar-refractivity contribution in [2.24, 2.45) is 0 Å². The maximum atomic E-state index is 4.90. The first-order valence-electron chi connectivity index (χ1n) is 4.89. The summed E-state index contributed by atoms with van der Waals surface area (Å²) in [6, 6.07) is 7.99. The predicted octanol–water partition coefficient (Wildman–Crippen LogP) is 4.14. The van der Waals surface area contributed by atoms with E-state index < -0.39 is 15.4 Å². The average molecular weight is 445 g/mol. The van der Waals surface area contributed by atoms with Gasteiger partial charge in [0.1, 0.15) is 0 Å². The molecule has 0 fully saturated rings. The molecule has 0 atom stereocenters. The van der Waals surface area contributed by atoms with E-state index in [-0.39, 0.29) is 0 Å². The van der Waals surface area contributed by atoms with E-state index in [9.17, 15) is 0 Å². The summed E-state index contributed by atoms with van der Waals surface area (Å²) in [6.07, 6.45) is 3.60. The van der Waals surface area contributed by atoms with E-state index in [0.717, 1.165) is 22.5 Å². The fraction of sp³-hybridized carbons (Fsp3) is 0.167. The van der Waals surface area contributed by atoms with Crippen LogP contribution in [0.25, 0.3) is 11.4 Å². The summed E-state index contributed by atoms with van der Waals surface area (Å²) in [5.74, 6) is 0. The molecule has 0 saturated carbocycles. The zero-order chi connectivity index (χ0) is 12.7. The van der Waals surface area contributed by atoms with Crippen LogP contribution in [0.4, 0.5) is 0 Å². The Morgan fingerprint density at radius 1 is 0.882 bits per heavy atom. The van der Waals surface area contributed by atoms with E-state index in [2.05, 4.69) is 35.9 Å². The molecule has 0 aliphatic carbocycles. The topological polar surface area (TPSA) is 25.8 Å². The molecule has 0 unspecified atom stereocenters. The van der Waals surface area contributed by atoms with Crippen molar-refractivity contribution in [1.82, 2.24) is 9.97 Å². The summed E-state index contributed by atoms with van der Waals surface area (Å²) >= 11 is -0.639. The molecular formula is C12H12Cl2N2Os. The van der Waals surface area contributed by atoms with Crippen LogP contribution >= 0.6 is 19.3 Å². The van der Waals surface area contributed by atoms with Gasteiger partial charge in [-0.05, 0) is 37.1 Å². The summed E-state index contributed by atoms with van der Waals surface area (Å²) in [7, 11) is 9.81. The van der Waals surface area contributed by atoms with Gasteiger partial charge in [0.05, 0.1) is 11.4 Å². The van der Waals surface area contributed by atoms with Crippen LogP contribution in [-0.2, 0) is 15.4 Å². The van der Waals surface area contributed by atoms with E-state index in [0.29, 0.717) is 0 Å². The van der Waals surface area contributed by atoms with Crippen LogP contribution in [0.3, 0.4) is 0 Å². The van der Waals surface area contributed by atoms with Crippen molar-refractivity contribution in [2.75, 3.05) is 0 Å². The molecule has 2 rings (SSSR count). The molecule has 0 spiro atoms. The zero-order valence-corrected chi connectivity index (χ0v) is 13.5. The molecule has 0 bridgehead atoms. The van der Waals surface area contributed by atoms with Crippen molar-refractivity contribution in [1.29, 1.82) is 0 Å². The van der Waals surface area contributed by atoms with E-state index in [4.69, 9.17) is 19.3 Å². The van der Waals surface area contributed by atoms with Crippen molar-refractivity contribution in [3.05, 3.63) is 47.8 Å². The molecule has 17 heavy (non-hydrogen) atoms. The minimum atomic E-state index is -0.639. The van der Waals surface area contributed by atoms with Gasteiger partial charge in [0.2, 0.25) is 0 Å². The van der Waals surface area contributed by atoms with Crippen LogP contribution in [0.5, 0.6) is 0 Å². The van der Waals surface area contributed by atoms with Gasteiger partial charge in [-0.3, -0.25) is 9.97 Å². The molecule has 2 heterocycles. The Morgan fingerprint density at radius 3 is 1.53 bits per heavy atom. The fourth-order valence-corrected chi connectivity index (χ4v) is 1.47. The summed E-state index contributed by atoms with van der Waals surface area (Å²) in [4.78, 5) is 8.69. The standard InChI is InChI=1S/C12H12N2.2ClH.Os/c1-9-5-3-7-13-11(9)12-10(2)6-4-8-14-12;;;/h3-8H,1-2H3;2*1H;/q;;;+2/p-2. The Morgan fingerprint density at radius 2 is 1.24 bits per heavy atom. The quantitative estimate of drug-likeness (QED) is 0.660. The van der Waals surface area contributed by atoms with Gasteiger partial charge in [0.25, 0.3) is 0 Å². The first-order chi connectivity index (χ1) is 8.20. The molecule has 2 nitrogen and oxygen atoms in total. The predicted molar refractivity (Wildman–Crippen MR) is 68.6 cm³/mol. The molecular weight excluding hydrogens is 433 g/mol. The number of pyridine rings is 2. The third-order valence-corrected chi connectivity index (χ3v) is 2.24. The van der Waals surface area contributed by atoms with Gasteiger partial charge >= 0.3 is 34.7 Å². The van der Waals surface area contributed by atoms with Gasteiger partial charge < -0.3 is 0 Å². The van der Waals surface area contributed by atoms with Crippen LogP contribution in [0.15, 0.2) is 36.7 Å². The number of nitrogens with zero attached hydrogens (tertiary/aromatic N) is 2. The Bertz CT molecular complexity index is 434. The minimum absolute atomic E-state index is 0.639. The van der Waals surface area contributed by atoms with E-state index in [1.165, 1.54) is 0 Å². The van der Waals surface area contributed by atoms with Crippen molar-refractivity contribution < 1.29 is 15.4 Å². The Balaban J connectivity index is 0.000000437. The summed E-state index contributed by atoms with van der Waals surface area (Å²) in [5.41, 5.74) is 4.28. The molecule has 0 radical (unpaired) electrons. The molecule has 0 amide bonds. The van der Waals surface area contributed by atoms with Crippen LogP contribution in [0.2, 0.25) is 0 Å². The van der Waals surface area contributed by atoms with Gasteiger partial charge in [-0.1, -0.05) is 12.1 Å². The third kappa shape index (κ3) is 4.35. The number of aryl methyl sites for hydroxylation is 2. The molecule has 0 aromatic carbocycles. The van der Waals surface area contributed by atoms with E-state index >= 15 is 0 Å². The Labute approximate surface area is 117 Å². The van der Waals surface area contributed by atoms with Crippen LogP contribution in [0, 0.1) is 13.8 Å². The Hall–Kier alpha value is -0.484. The second-order valence-corrected chi connectivity index (χ2v) is 7.06. The van der Waals surface area contributed by atoms with Crippen LogP contribution in [0.1, 0.15) is 11.1 Å². The fourth-order valence-electron chi connectivity index (χ4n) is 1.47. The first kappa shape index (κ1) is 14.6. The van der Waals surface area contributed by atoms with Gasteiger partial charge in [-0.15, -0.1) is 0 Å². The van der Waals surface area contributed by atoms with E-state index in [1.807, 2.05) is 12.1 Å². The van der Waals surface area contributed by atoms with E-state index in [1.54, 1.807) is 12.4 Å². The van der Waals surface area contributed by atoms with Gasteiger partial charge in [0, 0.05) is 12.4 Å². The van der Waals surface area contributed by atoms with Gasteiger partial charge in [-0.2, -0.15) is 0 Å². The molecule has 2 aromatic heterocycles. The number of hydrogen-bond acceptors (Lipinski definition) is 2. The second-order valence-electron chi connectivity index (χ2n) is 3.39. The number of hydrogen-bond donors (Lipinski definition) is 0. The number of rotatable bonds is 1. The summed E-state index contributed by atoms with van der Waals surface area (Å²) in [5, 5.41) is 0. The van der Waals surface area contributed by atoms with Crippen molar-refractivity contribution >= 4 is 19.3 Å². The van der Waals surface area contributed by atoms with Gasteiger partial charge in [-0.25, -0.2) is 0 Å². The molecule has 0 aliphatic rings. The summed E-state index contributed by atoms with van der Waals surface area (Å²) in [6.45, 7) is 4.10. The second kappa shape index (κ2) is 7.77. The van der Waals surface area contributed by atoms with Crippen molar-refractivity contribution in [3.8, 4) is 11.4 Å². The van der Waals surface area contributed by atoms with Crippen molar-refractivity contribution in [2.45, 2.75) is 13.8 Å². The molecule has 2 aromatic rings. The monoisotopic (exact) mass is 446 g/mol. The SMILES string of the molecule is Cc1cccnc1-c1ncccc1C.[Cl][Os][Cl]. The molecule has 0 N–H and O–H groups in total. The number of halogens is 2. The normalized spacial score (nSPS) is 9.65. The first-order valence-corrected chi connectivity index (χ1v) is 11.2. The third-order valence-electron chi connectivity index (χ3n) is 2.24. The Kier molecular flexibility index (Phi) is 6.66. The zero-order valence-electron chi connectivity index (χ0n) is 9.47.